The molecule has 1 aromatic rings. The third-order valence-electron chi connectivity index (χ3n) is 5.14. The SMILES string of the molecule is COc1ccc([C@@]23CCC[C@@H]2N(C)CC3)cc1OC. The Bertz CT molecular complexity index is 474. The van der Waals surface area contributed by atoms with E-state index in [2.05, 4.69) is 30.1 Å². The van der Waals surface area contributed by atoms with Crippen LogP contribution in [0, 0.1) is 0 Å². The van der Waals surface area contributed by atoms with E-state index < -0.39 is 0 Å². The Labute approximate surface area is 115 Å². The Morgan fingerprint density at radius 3 is 2.68 bits per heavy atom. The second kappa shape index (κ2) is 4.71. The molecule has 0 radical (unpaired) electrons. The van der Waals surface area contributed by atoms with Crippen molar-refractivity contribution < 1.29 is 9.47 Å². The van der Waals surface area contributed by atoms with E-state index >= 15 is 0 Å². The number of nitrogens with zero attached hydrogens (tertiary/aromatic N) is 1. The number of hydrogen-bond donors (Lipinski definition) is 0. The van der Waals surface area contributed by atoms with Gasteiger partial charge in [0.05, 0.1) is 14.2 Å². The van der Waals surface area contributed by atoms with E-state index in [0.717, 1.165) is 11.5 Å². The van der Waals surface area contributed by atoms with E-state index in [4.69, 9.17) is 9.47 Å². The molecule has 2 fully saturated rings. The smallest absolute Gasteiger partial charge is 0.161 e. The summed E-state index contributed by atoms with van der Waals surface area (Å²) in [6.07, 6.45) is 5.23. The maximum atomic E-state index is 5.47. The zero-order chi connectivity index (χ0) is 13.5. The van der Waals surface area contributed by atoms with Crippen LogP contribution in [0.4, 0.5) is 0 Å². The Balaban J connectivity index is 2.02. The van der Waals surface area contributed by atoms with Crippen LogP contribution >= 0.6 is 0 Å². The Hall–Kier alpha value is -1.22. The standard InChI is InChI=1S/C16H23NO2/c1-17-10-9-16(8-4-5-15(16)17)12-6-7-13(18-2)14(11-12)19-3/h6-7,11,15H,4-5,8-10H2,1-3H3/t15-,16-/m0/s1. The minimum absolute atomic E-state index is 0.342. The Morgan fingerprint density at radius 1 is 1.16 bits per heavy atom. The third-order valence-corrected chi connectivity index (χ3v) is 5.14. The highest BCUT2D eigenvalue weighted by Gasteiger charge is 2.50. The quantitative estimate of drug-likeness (QED) is 0.835. The van der Waals surface area contributed by atoms with Crippen molar-refractivity contribution >= 4 is 0 Å². The van der Waals surface area contributed by atoms with Gasteiger partial charge in [0.25, 0.3) is 0 Å². The molecule has 3 nitrogen and oxygen atoms in total. The fraction of sp³-hybridized carbons (Fsp3) is 0.625. The molecule has 0 spiro atoms. The van der Waals surface area contributed by atoms with E-state index in [1.165, 1.54) is 37.8 Å². The fourth-order valence-corrected chi connectivity index (χ4v) is 4.15. The molecular weight excluding hydrogens is 238 g/mol. The number of hydrogen-bond acceptors (Lipinski definition) is 3. The topological polar surface area (TPSA) is 21.7 Å². The van der Waals surface area contributed by atoms with E-state index in [0.29, 0.717) is 11.5 Å². The van der Waals surface area contributed by atoms with E-state index in [1.807, 2.05) is 0 Å². The van der Waals surface area contributed by atoms with Crippen LogP contribution in [0.2, 0.25) is 0 Å². The first kappa shape index (κ1) is 12.8. The molecular formula is C16H23NO2. The first-order chi connectivity index (χ1) is 9.21. The third kappa shape index (κ3) is 1.83. The molecule has 3 rings (SSSR count). The number of likely N-dealkylation sites (tertiary alicyclic amines) is 1. The lowest BCUT2D eigenvalue weighted by Crippen LogP contribution is -2.36. The van der Waals surface area contributed by atoms with Crippen molar-refractivity contribution in [3.63, 3.8) is 0 Å². The van der Waals surface area contributed by atoms with Crippen LogP contribution in [-0.4, -0.2) is 38.8 Å². The zero-order valence-electron chi connectivity index (χ0n) is 12.1. The summed E-state index contributed by atoms with van der Waals surface area (Å²) in [5, 5.41) is 0. The monoisotopic (exact) mass is 261 g/mol. The molecule has 1 aliphatic heterocycles. The van der Waals surface area contributed by atoms with Crippen molar-refractivity contribution in [2.45, 2.75) is 37.1 Å². The van der Waals surface area contributed by atoms with Gasteiger partial charge in [-0.25, -0.2) is 0 Å². The van der Waals surface area contributed by atoms with Gasteiger partial charge in [0.1, 0.15) is 0 Å². The van der Waals surface area contributed by atoms with E-state index in [-0.39, 0.29) is 0 Å². The zero-order valence-corrected chi connectivity index (χ0v) is 12.1. The first-order valence-corrected chi connectivity index (χ1v) is 7.14. The Morgan fingerprint density at radius 2 is 1.95 bits per heavy atom. The second-order valence-corrected chi connectivity index (χ2v) is 5.86. The van der Waals surface area contributed by atoms with Gasteiger partial charge in [0, 0.05) is 11.5 Å². The van der Waals surface area contributed by atoms with Gasteiger partial charge in [-0.1, -0.05) is 12.5 Å². The van der Waals surface area contributed by atoms with Gasteiger partial charge in [0.2, 0.25) is 0 Å². The van der Waals surface area contributed by atoms with Crippen LogP contribution in [-0.2, 0) is 5.41 Å². The fourth-order valence-electron chi connectivity index (χ4n) is 4.15. The lowest BCUT2D eigenvalue weighted by Gasteiger charge is -2.32. The minimum Gasteiger partial charge on any atom is -0.493 e. The van der Waals surface area contributed by atoms with Gasteiger partial charge >= 0.3 is 0 Å². The molecule has 104 valence electrons. The van der Waals surface area contributed by atoms with E-state index in [9.17, 15) is 0 Å². The highest BCUT2D eigenvalue weighted by atomic mass is 16.5. The van der Waals surface area contributed by atoms with Crippen molar-refractivity contribution in [1.29, 1.82) is 0 Å². The maximum Gasteiger partial charge on any atom is 0.161 e. The second-order valence-electron chi connectivity index (χ2n) is 5.86. The van der Waals surface area contributed by atoms with Gasteiger partial charge in [-0.05, 0) is 50.6 Å². The van der Waals surface area contributed by atoms with Crippen LogP contribution in [0.5, 0.6) is 11.5 Å². The lowest BCUT2D eigenvalue weighted by atomic mass is 9.75. The predicted octanol–water partition coefficient (Wildman–Crippen LogP) is 2.83. The van der Waals surface area contributed by atoms with Crippen molar-refractivity contribution in [3.05, 3.63) is 23.8 Å². The number of fused-ring (bicyclic) bond motifs is 1. The molecule has 2 atom stereocenters. The molecule has 19 heavy (non-hydrogen) atoms. The van der Waals surface area contributed by atoms with Crippen LogP contribution in [0.15, 0.2) is 18.2 Å². The largest absolute Gasteiger partial charge is 0.493 e. The van der Waals surface area contributed by atoms with Crippen LogP contribution in [0.25, 0.3) is 0 Å². The van der Waals surface area contributed by atoms with Crippen LogP contribution in [0.3, 0.4) is 0 Å². The maximum absolute atomic E-state index is 5.47. The summed E-state index contributed by atoms with van der Waals surface area (Å²) in [4.78, 5) is 2.53. The summed E-state index contributed by atoms with van der Waals surface area (Å²) in [6, 6.07) is 7.18. The molecule has 0 amide bonds. The van der Waals surface area contributed by atoms with Crippen molar-refractivity contribution in [2.24, 2.45) is 0 Å². The average Bonchev–Trinajstić information content (AvgIpc) is 3.00. The molecule has 0 unspecified atom stereocenters. The lowest BCUT2D eigenvalue weighted by molar-refractivity contribution is 0.271. The Kier molecular flexibility index (Phi) is 3.17. The number of benzene rings is 1. The van der Waals surface area contributed by atoms with Gasteiger partial charge in [-0.2, -0.15) is 0 Å². The molecule has 1 heterocycles. The predicted molar refractivity (Wildman–Crippen MR) is 76.1 cm³/mol. The van der Waals surface area contributed by atoms with Gasteiger partial charge in [-0.15, -0.1) is 0 Å². The van der Waals surface area contributed by atoms with Gasteiger partial charge < -0.3 is 14.4 Å². The van der Waals surface area contributed by atoms with Crippen LogP contribution < -0.4 is 9.47 Å². The molecule has 1 aliphatic carbocycles. The molecule has 0 N–H and O–H groups in total. The molecule has 2 aliphatic rings. The summed E-state index contributed by atoms with van der Waals surface area (Å²) in [5.74, 6) is 1.68. The number of ether oxygens (including phenoxy) is 2. The first-order valence-electron chi connectivity index (χ1n) is 7.14. The number of likely N-dealkylation sites (N-methyl/N-ethyl adjacent to an activating group) is 1. The molecule has 0 aromatic heterocycles. The number of methoxy groups -OCH3 is 2. The summed E-state index contributed by atoms with van der Waals surface area (Å²) < 4.78 is 10.8. The molecule has 1 saturated heterocycles. The van der Waals surface area contributed by atoms with E-state index in [1.54, 1.807) is 14.2 Å². The summed E-state index contributed by atoms with van der Waals surface area (Å²) in [7, 11) is 5.67. The van der Waals surface area contributed by atoms with Gasteiger partial charge in [-0.3, -0.25) is 0 Å². The van der Waals surface area contributed by atoms with Crippen LogP contribution in [0.1, 0.15) is 31.2 Å². The minimum atomic E-state index is 0.342. The average molecular weight is 261 g/mol. The molecule has 3 heteroatoms. The van der Waals surface area contributed by atoms with Crippen molar-refractivity contribution in [1.82, 2.24) is 4.90 Å². The molecule has 1 aromatic carbocycles. The highest BCUT2D eigenvalue weighted by Crippen LogP contribution is 2.51. The molecule has 0 bridgehead atoms. The summed E-state index contributed by atoms with van der Waals surface area (Å²) in [5.41, 5.74) is 1.77. The normalized spacial score (nSPS) is 30.4. The highest BCUT2D eigenvalue weighted by molar-refractivity contribution is 5.46. The molecule has 1 saturated carbocycles. The van der Waals surface area contributed by atoms with Crippen molar-refractivity contribution in [3.8, 4) is 11.5 Å². The summed E-state index contributed by atoms with van der Waals surface area (Å²) >= 11 is 0. The van der Waals surface area contributed by atoms with Gasteiger partial charge in [0.15, 0.2) is 11.5 Å². The number of rotatable bonds is 3. The van der Waals surface area contributed by atoms with Crippen molar-refractivity contribution in [2.75, 3.05) is 27.8 Å². The summed E-state index contributed by atoms with van der Waals surface area (Å²) in [6.45, 7) is 1.21.